The van der Waals surface area contributed by atoms with Crippen LogP contribution in [0.4, 0.5) is 0 Å². The quantitative estimate of drug-likeness (QED) is 0.799. The van der Waals surface area contributed by atoms with Crippen LogP contribution in [-0.4, -0.2) is 17.7 Å². The van der Waals surface area contributed by atoms with Gasteiger partial charge in [-0.15, -0.1) is 0 Å². The summed E-state index contributed by atoms with van der Waals surface area (Å²) < 4.78 is 8.57. The van der Waals surface area contributed by atoms with Gasteiger partial charge in [0.2, 0.25) is 0 Å². The summed E-state index contributed by atoms with van der Waals surface area (Å²) in [5.74, 6) is 0.978. The average molecular weight is 275 g/mol. The Balaban J connectivity index is 1.94. The third kappa shape index (κ3) is 1.62. The summed E-state index contributed by atoms with van der Waals surface area (Å²) >= 11 is 6.35. The summed E-state index contributed by atoms with van der Waals surface area (Å²) in [6.45, 7) is 2.59. The minimum atomic E-state index is -0.278. The SMILES string of the molecule is Clc1ccc2n1Cc1ccccc1OC21CCNC1. The van der Waals surface area contributed by atoms with Crippen LogP contribution in [0.1, 0.15) is 17.7 Å². The lowest BCUT2D eigenvalue weighted by atomic mass is 9.98. The van der Waals surface area contributed by atoms with Gasteiger partial charge in [0.15, 0.2) is 5.60 Å². The molecule has 0 amide bonds. The molecule has 1 spiro atoms. The summed E-state index contributed by atoms with van der Waals surface area (Å²) in [6, 6.07) is 12.3. The highest BCUT2D eigenvalue weighted by Gasteiger charge is 2.42. The van der Waals surface area contributed by atoms with Crippen LogP contribution in [0.2, 0.25) is 5.15 Å². The van der Waals surface area contributed by atoms with E-state index in [0.29, 0.717) is 0 Å². The molecule has 1 atom stereocenters. The van der Waals surface area contributed by atoms with E-state index in [9.17, 15) is 0 Å². The van der Waals surface area contributed by atoms with E-state index < -0.39 is 0 Å². The van der Waals surface area contributed by atoms with Crippen molar-refractivity contribution in [2.75, 3.05) is 13.1 Å². The van der Waals surface area contributed by atoms with E-state index in [1.165, 1.54) is 11.3 Å². The van der Waals surface area contributed by atoms with Crippen LogP contribution in [0, 0.1) is 0 Å². The van der Waals surface area contributed by atoms with Gasteiger partial charge in [-0.1, -0.05) is 29.8 Å². The van der Waals surface area contributed by atoms with Gasteiger partial charge >= 0.3 is 0 Å². The molecule has 98 valence electrons. The second-order valence-electron chi connectivity index (χ2n) is 5.26. The third-order valence-corrected chi connectivity index (χ3v) is 4.45. The maximum Gasteiger partial charge on any atom is 0.162 e. The Morgan fingerprint density at radius 1 is 1.21 bits per heavy atom. The van der Waals surface area contributed by atoms with Gasteiger partial charge in [0.25, 0.3) is 0 Å². The second-order valence-corrected chi connectivity index (χ2v) is 5.65. The van der Waals surface area contributed by atoms with Gasteiger partial charge in [0, 0.05) is 18.5 Å². The van der Waals surface area contributed by atoms with Crippen molar-refractivity contribution >= 4 is 11.6 Å². The first-order valence-corrected chi connectivity index (χ1v) is 6.99. The fraction of sp³-hybridized carbons (Fsp3) is 0.333. The zero-order valence-corrected chi connectivity index (χ0v) is 11.3. The number of para-hydroxylation sites is 1. The van der Waals surface area contributed by atoms with E-state index in [1.54, 1.807) is 0 Å². The van der Waals surface area contributed by atoms with E-state index in [0.717, 1.165) is 37.0 Å². The van der Waals surface area contributed by atoms with Crippen LogP contribution in [-0.2, 0) is 12.1 Å². The minimum absolute atomic E-state index is 0.278. The predicted octanol–water partition coefficient (Wildman–Crippen LogP) is 2.77. The van der Waals surface area contributed by atoms with Gasteiger partial charge in [-0.05, 0) is 24.7 Å². The van der Waals surface area contributed by atoms with Gasteiger partial charge in [-0.25, -0.2) is 0 Å². The van der Waals surface area contributed by atoms with Crippen molar-refractivity contribution in [3.05, 3.63) is 52.8 Å². The van der Waals surface area contributed by atoms with Gasteiger partial charge in [0.1, 0.15) is 10.9 Å². The predicted molar refractivity (Wildman–Crippen MR) is 74.8 cm³/mol. The zero-order chi connectivity index (χ0) is 12.9. The highest BCUT2D eigenvalue weighted by atomic mass is 35.5. The Kier molecular flexibility index (Phi) is 2.41. The van der Waals surface area contributed by atoms with Gasteiger partial charge in [0.05, 0.1) is 12.2 Å². The Bertz CT molecular complexity index is 629. The number of hydrogen-bond donors (Lipinski definition) is 1. The summed E-state index contributed by atoms with van der Waals surface area (Å²) in [5.41, 5.74) is 2.09. The molecule has 4 heteroatoms. The lowest BCUT2D eigenvalue weighted by Crippen LogP contribution is -2.36. The van der Waals surface area contributed by atoms with Crippen molar-refractivity contribution in [2.24, 2.45) is 0 Å². The highest BCUT2D eigenvalue weighted by molar-refractivity contribution is 6.29. The monoisotopic (exact) mass is 274 g/mol. The van der Waals surface area contributed by atoms with E-state index in [4.69, 9.17) is 16.3 Å². The summed E-state index contributed by atoms with van der Waals surface area (Å²) in [7, 11) is 0. The summed E-state index contributed by atoms with van der Waals surface area (Å²) in [6.07, 6.45) is 0.974. The Labute approximate surface area is 117 Å². The number of fused-ring (bicyclic) bond motifs is 3. The van der Waals surface area contributed by atoms with E-state index in [2.05, 4.69) is 28.1 Å². The minimum Gasteiger partial charge on any atom is -0.479 e. The molecular weight excluding hydrogens is 260 g/mol. The molecule has 1 saturated heterocycles. The fourth-order valence-electron chi connectivity index (χ4n) is 3.14. The van der Waals surface area contributed by atoms with Crippen molar-refractivity contribution in [2.45, 2.75) is 18.6 Å². The molecule has 1 N–H and O–H groups in total. The van der Waals surface area contributed by atoms with Gasteiger partial charge in [-0.2, -0.15) is 0 Å². The molecule has 0 aliphatic carbocycles. The molecule has 4 rings (SSSR count). The molecule has 0 radical (unpaired) electrons. The van der Waals surface area contributed by atoms with E-state index in [-0.39, 0.29) is 5.60 Å². The largest absolute Gasteiger partial charge is 0.479 e. The molecule has 19 heavy (non-hydrogen) atoms. The van der Waals surface area contributed by atoms with Crippen LogP contribution >= 0.6 is 11.6 Å². The molecule has 1 fully saturated rings. The number of benzene rings is 1. The first-order valence-electron chi connectivity index (χ1n) is 6.62. The Morgan fingerprint density at radius 3 is 2.95 bits per heavy atom. The molecule has 3 heterocycles. The fourth-order valence-corrected chi connectivity index (χ4v) is 3.36. The number of halogens is 1. The molecule has 2 aromatic rings. The molecule has 1 aromatic heterocycles. The van der Waals surface area contributed by atoms with E-state index >= 15 is 0 Å². The number of rotatable bonds is 0. The maximum absolute atomic E-state index is 6.40. The molecule has 3 nitrogen and oxygen atoms in total. The molecular formula is C15H15ClN2O. The number of hydrogen-bond acceptors (Lipinski definition) is 2. The maximum atomic E-state index is 6.40. The van der Waals surface area contributed by atoms with Gasteiger partial charge in [-0.3, -0.25) is 0 Å². The van der Waals surface area contributed by atoms with Crippen molar-refractivity contribution < 1.29 is 4.74 Å². The van der Waals surface area contributed by atoms with Crippen LogP contribution in [0.5, 0.6) is 5.75 Å². The molecule has 2 aliphatic rings. The van der Waals surface area contributed by atoms with Crippen molar-refractivity contribution in [3.63, 3.8) is 0 Å². The highest BCUT2D eigenvalue weighted by Crippen LogP contribution is 2.40. The van der Waals surface area contributed by atoms with E-state index in [1.807, 2.05) is 18.2 Å². The van der Waals surface area contributed by atoms with Crippen LogP contribution < -0.4 is 10.1 Å². The Morgan fingerprint density at radius 2 is 2.11 bits per heavy atom. The second kappa shape index (κ2) is 4.02. The van der Waals surface area contributed by atoms with Crippen molar-refractivity contribution in [1.29, 1.82) is 0 Å². The third-order valence-electron chi connectivity index (χ3n) is 4.12. The topological polar surface area (TPSA) is 26.2 Å². The number of ether oxygens (including phenoxy) is 1. The lowest BCUT2D eigenvalue weighted by Gasteiger charge is -2.28. The first-order chi connectivity index (χ1) is 9.28. The van der Waals surface area contributed by atoms with Crippen LogP contribution in [0.15, 0.2) is 36.4 Å². The van der Waals surface area contributed by atoms with Crippen LogP contribution in [0.3, 0.4) is 0 Å². The zero-order valence-electron chi connectivity index (χ0n) is 10.5. The Hall–Kier alpha value is -1.45. The number of nitrogens with one attached hydrogen (secondary N) is 1. The number of nitrogens with zero attached hydrogens (tertiary/aromatic N) is 1. The smallest absolute Gasteiger partial charge is 0.162 e. The molecule has 1 unspecified atom stereocenters. The summed E-state index contributed by atoms with van der Waals surface area (Å²) in [5, 5.41) is 4.19. The number of aromatic nitrogens is 1. The first kappa shape index (κ1) is 11.4. The molecule has 2 aliphatic heterocycles. The molecule has 0 bridgehead atoms. The standard InChI is InChI=1S/C15H15ClN2O/c16-14-6-5-13-15(7-8-17-10-15)19-12-4-2-1-3-11(12)9-18(13)14/h1-6,17H,7-10H2. The van der Waals surface area contributed by atoms with Crippen molar-refractivity contribution in [3.8, 4) is 5.75 Å². The normalized spacial score (nSPS) is 24.7. The van der Waals surface area contributed by atoms with Crippen LogP contribution in [0.25, 0.3) is 0 Å². The average Bonchev–Trinajstić information content (AvgIpc) is 2.97. The molecule has 1 aromatic carbocycles. The lowest BCUT2D eigenvalue weighted by molar-refractivity contribution is 0.0842. The molecule has 0 saturated carbocycles. The van der Waals surface area contributed by atoms with Gasteiger partial charge < -0.3 is 14.6 Å². The summed E-state index contributed by atoms with van der Waals surface area (Å²) in [4.78, 5) is 0. The van der Waals surface area contributed by atoms with Crippen molar-refractivity contribution in [1.82, 2.24) is 9.88 Å².